The van der Waals surface area contributed by atoms with Crippen LogP contribution in [-0.4, -0.2) is 75.8 Å². The normalized spacial score (nSPS) is 10.9. The molecule has 0 atom stereocenters. The largest absolute Gasteiger partial charge is 0.388 e. The quantitative estimate of drug-likeness (QED) is 0.0368. The van der Waals surface area contributed by atoms with Crippen LogP contribution in [0, 0.1) is 26.2 Å². The predicted octanol–water partition coefficient (Wildman–Crippen LogP) is 5.82. The Morgan fingerprint density at radius 2 is 1.12 bits per heavy atom. The van der Waals surface area contributed by atoms with Crippen LogP contribution in [0.15, 0.2) is 30.7 Å². The molecule has 1 aromatic carbocycles. The third kappa shape index (κ3) is 8.98. The third-order valence-electron chi connectivity index (χ3n) is 8.84. The summed E-state index contributed by atoms with van der Waals surface area (Å²) in [6, 6.07) is 3.78. The smallest absolute Gasteiger partial charge is 0.272 e. The summed E-state index contributed by atoms with van der Waals surface area (Å²) in [7, 11) is 0. The maximum atomic E-state index is 13.5. The molecule has 0 saturated carbocycles. The predicted molar refractivity (Wildman–Crippen MR) is 208 cm³/mol. The van der Waals surface area contributed by atoms with Crippen molar-refractivity contribution in [2.45, 2.75) is 53.9 Å². The van der Waals surface area contributed by atoms with Crippen molar-refractivity contribution in [3.63, 3.8) is 0 Å². The highest BCUT2D eigenvalue weighted by molar-refractivity contribution is 6.18. The lowest BCUT2D eigenvalue weighted by Crippen LogP contribution is -2.30. The van der Waals surface area contributed by atoms with Gasteiger partial charge in [-0.25, -0.2) is 0 Å². The zero-order valence-electron chi connectivity index (χ0n) is 30.0. The molecule has 0 aliphatic heterocycles. The highest BCUT2D eigenvalue weighted by Crippen LogP contribution is 2.30. The number of nitrogens with one attached hydrogen (secondary N) is 8. The molecule has 3 heterocycles. The van der Waals surface area contributed by atoms with Crippen molar-refractivity contribution < 1.29 is 19.2 Å². The van der Waals surface area contributed by atoms with Crippen molar-refractivity contribution in [3.8, 4) is 0 Å². The molecular formula is C36H46Cl2N10O4. The van der Waals surface area contributed by atoms with Crippen molar-refractivity contribution in [3.05, 3.63) is 81.2 Å². The first kappa shape index (κ1) is 39.6. The molecule has 0 fully saturated rings. The van der Waals surface area contributed by atoms with Gasteiger partial charge in [0.25, 0.3) is 23.6 Å². The molecule has 52 heavy (non-hydrogen) atoms. The summed E-state index contributed by atoms with van der Waals surface area (Å²) in [6.45, 7) is 10.7. The van der Waals surface area contributed by atoms with E-state index in [2.05, 4.69) is 41.1 Å². The van der Waals surface area contributed by atoms with E-state index in [0.29, 0.717) is 64.2 Å². The number of H-pyrrole nitrogens is 3. The Labute approximate surface area is 312 Å². The fourth-order valence-corrected chi connectivity index (χ4v) is 6.33. The van der Waals surface area contributed by atoms with Crippen LogP contribution in [0.4, 0.5) is 22.7 Å². The van der Waals surface area contributed by atoms with Gasteiger partial charge in [-0.1, -0.05) is 13.8 Å². The number of amidine groups is 1. The monoisotopic (exact) mass is 752 g/mol. The number of anilines is 4. The van der Waals surface area contributed by atoms with Gasteiger partial charge in [0.15, 0.2) is 0 Å². The molecule has 0 aliphatic rings. The fraction of sp³-hybridized carbons (Fsp3) is 0.361. The minimum Gasteiger partial charge on any atom is -0.388 e. The van der Waals surface area contributed by atoms with Gasteiger partial charge >= 0.3 is 0 Å². The van der Waals surface area contributed by atoms with E-state index in [4.69, 9.17) is 34.3 Å². The minimum absolute atomic E-state index is 0.0337. The van der Waals surface area contributed by atoms with Crippen molar-refractivity contribution in [1.29, 1.82) is 5.41 Å². The Bertz CT molecular complexity index is 1930. The van der Waals surface area contributed by atoms with E-state index in [1.165, 1.54) is 12.4 Å². The fourth-order valence-electron chi connectivity index (χ4n) is 5.92. The first-order valence-electron chi connectivity index (χ1n) is 17.0. The lowest BCUT2D eigenvalue weighted by molar-refractivity contribution is 0.0947. The molecule has 14 nitrogen and oxygen atoms in total. The van der Waals surface area contributed by atoms with Gasteiger partial charge in [-0.2, -0.15) is 0 Å². The summed E-state index contributed by atoms with van der Waals surface area (Å²) in [4.78, 5) is 63.5. The van der Waals surface area contributed by atoms with Crippen molar-refractivity contribution in [2.75, 3.05) is 52.2 Å². The molecule has 4 amide bonds. The molecule has 3 aromatic heterocycles. The SMILES string of the molecule is CCc1cc(C(=O)Nc2c[nH]c(C(=O)Nc3c[nH]c(C(=O)Nc4c[nH]c(C(=O)NCCC(=N)N)c4C)c3C)c2C)cc(CC)c1N(CCCl)CCCl. The van der Waals surface area contributed by atoms with Gasteiger partial charge in [-0.05, 0) is 56.9 Å². The van der Waals surface area contributed by atoms with Crippen LogP contribution in [0.2, 0.25) is 0 Å². The number of hydrogen-bond donors (Lipinski definition) is 9. The summed E-state index contributed by atoms with van der Waals surface area (Å²) in [5.74, 6) is -0.745. The average Bonchev–Trinajstić information content (AvgIpc) is 3.79. The summed E-state index contributed by atoms with van der Waals surface area (Å²) in [5.41, 5.74) is 12.5. The second-order valence-electron chi connectivity index (χ2n) is 12.2. The Kier molecular flexibility index (Phi) is 13.6. The molecule has 278 valence electrons. The van der Waals surface area contributed by atoms with Gasteiger partial charge in [0.05, 0.1) is 22.9 Å². The molecule has 10 N–H and O–H groups in total. The van der Waals surface area contributed by atoms with Crippen molar-refractivity contribution in [1.82, 2.24) is 20.3 Å². The number of aromatic amines is 3. The van der Waals surface area contributed by atoms with Crippen LogP contribution >= 0.6 is 23.2 Å². The van der Waals surface area contributed by atoms with E-state index < -0.39 is 11.8 Å². The topological polar surface area (TPSA) is 217 Å². The Hall–Kier alpha value is -5.21. The highest BCUT2D eigenvalue weighted by atomic mass is 35.5. The Morgan fingerprint density at radius 1 is 0.712 bits per heavy atom. The molecule has 0 radical (unpaired) electrons. The van der Waals surface area contributed by atoms with E-state index >= 15 is 0 Å². The van der Waals surface area contributed by atoms with E-state index in [1.54, 1.807) is 27.0 Å². The van der Waals surface area contributed by atoms with Crippen molar-refractivity contribution in [2.24, 2.45) is 5.73 Å². The number of alkyl halides is 2. The second kappa shape index (κ2) is 17.8. The summed E-state index contributed by atoms with van der Waals surface area (Å²) < 4.78 is 0. The van der Waals surface area contributed by atoms with Gasteiger partial charge in [0, 0.05) is 84.3 Å². The zero-order chi connectivity index (χ0) is 38.1. The number of rotatable bonds is 17. The summed E-state index contributed by atoms with van der Waals surface area (Å²) in [5, 5.41) is 18.5. The van der Waals surface area contributed by atoms with Crippen LogP contribution < -0.4 is 31.9 Å². The second-order valence-corrected chi connectivity index (χ2v) is 13.0. The van der Waals surface area contributed by atoms with Gasteiger partial charge in [-0.3, -0.25) is 24.6 Å². The molecule has 4 rings (SSSR count). The number of benzene rings is 1. The highest BCUT2D eigenvalue weighted by Gasteiger charge is 2.23. The van der Waals surface area contributed by atoms with Gasteiger partial charge < -0.3 is 46.9 Å². The molecule has 4 aromatic rings. The number of carbonyl (C=O) groups excluding carboxylic acids is 4. The lowest BCUT2D eigenvalue weighted by atomic mass is 9.97. The maximum Gasteiger partial charge on any atom is 0.272 e. The number of nitrogens with zero attached hydrogens (tertiary/aromatic N) is 1. The zero-order valence-corrected chi connectivity index (χ0v) is 31.5. The van der Waals surface area contributed by atoms with E-state index in [9.17, 15) is 19.2 Å². The van der Waals surface area contributed by atoms with Crippen LogP contribution in [0.1, 0.15) is 89.9 Å². The van der Waals surface area contributed by atoms with Gasteiger partial charge in [-0.15, -0.1) is 23.2 Å². The van der Waals surface area contributed by atoms with Crippen LogP contribution in [0.5, 0.6) is 0 Å². The van der Waals surface area contributed by atoms with Gasteiger partial charge in [0.1, 0.15) is 17.1 Å². The number of amides is 4. The van der Waals surface area contributed by atoms with E-state index in [1.807, 2.05) is 26.0 Å². The minimum atomic E-state index is -0.471. The Balaban J connectivity index is 1.44. The number of aryl methyl sites for hydroxylation is 2. The van der Waals surface area contributed by atoms with Crippen LogP contribution in [-0.2, 0) is 12.8 Å². The standard InChI is InChI=1S/C36H46Cl2N10O4/c1-6-22-14-24(15-23(7-2)32(22)48(12-9-37)13-10-38)33(49)45-25-16-43-30(20(25)4)35(51)47-27-18-44-31(21(27)5)36(52)46-26-17-42-29(19(26)3)34(50)41-11-8-28(39)40/h14-18,42-44H,6-13H2,1-5H3,(H3,39,40)(H,41,50)(H,45,49)(H,46,52)(H,47,51). The number of aromatic nitrogens is 3. The molecule has 0 spiro atoms. The van der Waals surface area contributed by atoms with E-state index in [0.717, 1.165) is 29.7 Å². The third-order valence-corrected chi connectivity index (χ3v) is 9.18. The van der Waals surface area contributed by atoms with Crippen molar-refractivity contribution >= 4 is 75.4 Å². The molecule has 0 bridgehead atoms. The Morgan fingerprint density at radius 3 is 1.50 bits per heavy atom. The molecule has 0 saturated heterocycles. The van der Waals surface area contributed by atoms with Crippen LogP contribution in [0.3, 0.4) is 0 Å². The average molecular weight is 754 g/mol. The number of carbonyl (C=O) groups is 4. The summed E-state index contributed by atoms with van der Waals surface area (Å²) in [6.07, 6.45) is 6.26. The number of halogens is 2. The maximum absolute atomic E-state index is 13.5. The molecule has 0 unspecified atom stereocenters. The summed E-state index contributed by atoms with van der Waals surface area (Å²) >= 11 is 12.2. The number of hydrogen-bond acceptors (Lipinski definition) is 6. The first-order chi connectivity index (χ1) is 24.8. The van der Waals surface area contributed by atoms with Crippen LogP contribution in [0.25, 0.3) is 0 Å². The molecule has 0 aliphatic carbocycles. The molecular weight excluding hydrogens is 707 g/mol. The first-order valence-corrected chi connectivity index (χ1v) is 18.0. The lowest BCUT2D eigenvalue weighted by Gasteiger charge is -2.28. The molecule has 16 heteroatoms. The van der Waals surface area contributed by atoms with Gasteiger partial charge in [0.2, 0.25) is 0 Å². The van der Waals surface area contributed by atoms with E-state index in [-0.39, 0.29) is 47.7 Å². The number of nitrogens with two attached hydrogens (primary N) is 1.